The van der Waals surface area contributed by atoms with E-state index in [0.717, 1.165) is 0 Å². The molecule has 1 heterocycles. The van der Waals surface area contributed by atoms with Crippen LogP contribution >= 0.6 is 23.2 Å². The summed E-state index contributed by atoms with van der Waals surface area (Å²) in [5.74, 6) is -0.465. The number of anilines is 1. The monoisotopic (exact) mass is 405 g/mol. The van der Waals surface area contributed by atoms with Crippen molar-refractivity contribution in [1.29, 1.82) is 0 Å². The third-order valence-corrected chi connectivity index (χ3v) is 4.82. The van der Waals surface area contributed by atoms with Crippen LogP contribution in [-0.2, 0) is 11.1 Å². The molecule has 1 N–H and O–H groups in total. The number of hydrogen-bond donors (Lipinski definition) is 1. The van der Waals surface area contributed by atoms with E-state index in [4.69, 9.17) is 23.2 Å². The van der Waals surface area contributed by atoms with Crippen molar-refractivity contribution in [2.45, 2.75) is 4.90 Å². The van der Waals surface area contributed by atoms with E-state index in [1.165, 1.54) is 18.2 Å². The molecule has 26 heavy (non-hydrogen) atoms. The van der Waals surface area contributed by atoms with Crippen molar-refractivity contribution in [3.05, 3.63) is 76.4 Å². The zero-order valence-corrected chi connectivity index (χ0v) is 15.4. The first kappa shape index (κ1) is 18.5. The molecule has 0 aliphatic heterocycles. The molecule has 0 radical (unpaired) electrons. The third-order valence-electron chi connectivity index (χ3n) is 3.54. The number of nitrogens with zero attached hydrogens (tertiary/aromatic N) is 1. The second-order valence-corrected chi connectivity index (χ2v) is 7.00. The first-order valence-electron chi connectivity index (χ1n) is 7.37. The molecule has 3 aromatic rings. The molecule has 1 atom stereocenters. The average Bonchev–Trinajstić information content (AvgIpc) is 2.63. The van der Waals surface area contributed by atoms with Gasteiger partial charge in [-0.25, -0.2) is 0 Å². The highest BCUT2D eigenvalue weighted by Crippen LogP contribution is 2.29. The molecule has 8 heteroatoms. The fourth-order valence-electron chi connectivity index (χ4n) is 2.30. The number of amides is 1. The predicted octanol–water partition coefficient (Wildman–Crippen LogP) is 4.55. The number of benzene rings is 2. The van der Waals surface area contributed by atoms with Crippen LogP contribution in [0.5, 0.6) is 0 Å². The Morgan fingerprint density at radius 2 is 1.85 bits per heavy atom. The molecule has 0 bridgehead atoms. The quantitative estimate of drug-likeness (QED) is 0.645. The van der Waals surface area contributed by atoms with Crippen molar-refractivity contribution in [2.24, 2.45) is 0 Å². The lowest BCUT2D eigenvalue weighted by molar-refractivity contribution is 0.102. The summed E-state index contributed by atoms with van der Waals surface area (Å²) in [6.45, 7) is 0. The Hall–Kier alpha value is -2.25. The molecular formula is C18H11Cl2N2O3S-. The molecule has 0 aliphatic rings. The van der Waals surface area contributed by atoms with Gasteiger partial charge in [0.1, 0.15) is 0 Å². The van der Waals surface area contributed by atoms with Crippen LogP contribution in [0.2, 0.25) is 10.0 Å². The number of carbonyl (C=O) groups excluding carboxylic acids is 1. The molecule has 5 nitrogen and oxygen atoms in total. The van der Waals surface area contributed by atoms with Gasteiger partial charge in [-0.3, -0.25) is 14.0 Å². The Bertz CT molecular complexity index is 997. The number of carbonyl (C=O) groups is 1. The molecule has 2 aromatic carbocycles. The fraction of sp³-hybridized carbons (Fsp3) is 0. The first-order chi connectivity index (χ1) is 12.5. The predicted molar refractivity (Wildman–Crippen MR) is 101 cm³/mol. The van der Waals surface area contributed by atoms with Crippen LogP contribution in [-0.4, -0.2) is 19.7 Å². The van der Waals surface area contributed by atoms with E-state index in [1.807, 2.05) is 12.1 Å². The molecule has 132 valence electrons. The summed E-state index contributed by atoms with van der Waals surface area (Å²) in [5.41, 5.74) is 2.02. The van der Waals surface area contributed by atoms with Crippen molar-refractivity contribution in [2.75, 3.05) is 5.32 Å². The topological polar surface area (TPSA) is 82.1 Å². The van der Waals surface area contributed by atoms with Crippen LogP contribution < -0.4 is 5.32 Å². The molecule has 0 fully saturated rings. The van der Waals surface area contributed by atoms with Gasteiger partial charge in [0.15, 0.2) is 0 Å². The number of hydrogen-bond acceptors (Lipinski definition) is 4. The summed E-state index contributed by atoms with van der Waals surface area (Å²) in [6.07, 6.45) is 1.65. The van der Waals surface area contributed by atoms with E-state index in [1.54, 1.807) is 30.5 Å². The van der Waals surface area contributed by atoms with Crippen molar-refractivity contribution < 1.29 is 13.6 Å². The maximum Gasteiger partial charge on any atom is 0.257 e. The number of aromatic nitrogens is 1. The van der Waals surface area contributed by atoms with Gasteiger partial charge in [0.2, 0.25) is 0 Å². The Morgan fingerprint density at radius 3 is 2.50 bits per heavy atom. The lowest BCUT2D eigenvalue weighted by Crippen LogP contribution is -2.12. The summed E-state index contributed by atoms with van der Waals surface area (Å²) < 4.78 is 21.9. The van der Waals surface area contributed by atoms with Crippen LogP contribution in [0.1, 0.15) is 10.4 Å². The smallest absolute Gasteiger partial charge is 0.257 e. The second kappa shape index (κ2) is 7.97. The Morgan fingerprint density at radius 1 is 1.04 bits per heavy atom. The van der Waals surface area contributed by atoms with E-state index < -0.39 is 17.0 Å². The van der Waals surface area contributed by atoms with Crippen molar-refractivity contribution >= 4 is 45.9 Å². The maximum atomic E-state index is 12.5. The van der Waals surface area contributed by atoms with Gasteiger partial charge in [-0.2, -0.15) is 0 Å². The SMILES string of the molecule is O=C(Nc1ccc(Cl)c(-c2ccccn2)c1)c1ccc(S(=O)[O-])cc1Cl. The van der Waals surface area contributed by atoms with Crippen molar-refractivity contribution in [3.8, 4) is 11.3 Å². The van der Waals surface area contributed by atoms with E-state index in [9.17, 15) is 13.6 Å². The van der Waals surface area contributed by atoms with Crippen molar-refractivity contribution in [3.63, 3.8) is 0 Å². The zero-order chi connectivity index (χ0) is 18.7. The zero-order valence-electron chi connectivity index (χ0n) is 13.1. The molecule has 0 saturated heterocycles. The lowest BCUT2D eigenvalue weighted by atomic mass is 10.1. The van der Waals surface area contributed by atoms with E-state index in [0.29, 0.717) is 22.0 Å². The van der Waals surface area contributed by atoms with Gasteiger partial charge in [-0.15, -0.1) is 0 Å². The first-order valence-corrected chi connectivity index (χ1v) is 9.20. The molecule has 1 unspecified atom stereocenters. The van der Waals surface area contributed by atoms with Crippen LogP contribution in [0.4, 0.5) is 5.69 Å². The Labute approximate surface area is 162 Å². The largest absolute Gasteiger partial charge is 0.768 e. The third kappa shape index (κ3) is 4.11. The number of nitrogens with one attached hydrogen (secondary N) is 1. The molecule has 1 amide bonds. The molecule has 0 aliphatic carbocycles. The molecule has 0 saturated carbocycles. The van der Waals surface area contributed by atoms with Gasteiger partial charge in [-0.1, -0.05) is 29.3 Å². The fourth-order valence-corrected chi connectivity index (χ4v) is 3.24. The highest BCUT2D eigenvalue weighted by atomic mass is 35.5. The standard InChI is InChI=1S/C18H12Cl2N2O3S/c19-15-7-4-11(9-14(15)17-3-1-2-8-21-17)22-18(23)13-6-5-12(26(24)25)10-16(13)20/h1-10H,(H,22,23)(H,24,25)/p-1. The minimum atomic E-state index is -2.41. The minimum Gasteiger partial charge on any atom is -0.768 e. The van der Waals surface area contributed by atoms with Crippen LogP contribution in [0.15, 0.2) is 65.7 Å². The normalized spacial score (nSPS) is 11.8. The van der Waals surface area contributed by atoms with Gasteiger partial charge < -0.3 is 9.87 Å². The van der Waals surface area contributed by atoms with Crippen molar-refractivity contribution in [1.82, 2.24) is 4.98 Å². The summed E-state index contributed by atoms with van der Waals surface area (Å²) >= 11 is 9.83. The van der Waals surface area contributed by atoms with E-state index in [-0.39, 0.29) is 15.5 Å². The summed E-state index contributed by atoms with van der Waals surface area (Å²) in [5, 5.41) is 3.27. The van der Waals surface area contributed by atoms with Gasteiger partial charge in [0.25, 0.3) is 5.91 Å². The van der Waals surface area contributed by atoms with Crippen LogP contribution in [0, 0.1) is 0 Å². The van der Waals surface area contributed by atoms with E-state index in [2.05, 4.69) is 10.3 Å². The van der Waals surface area contributed by atoms with Crippen LogP contribution in [0.3, 0.4) is 0 Å². The summed E-state index contributed by atoms with van der Waals surface area (Å²) in [6, 6.07) is 14.4. The highest BCUT2D eigenvalue weighted by Gasteiger charge is 2.13. The van der Waals surface area contributed by atoms with Gasteiger partial charge in [-0.05, 0) is 59.6 Å². The summed E-state index contributed by atoms with van der Waals surface area (Å²) in [4.78, 5) is 16.7. The number of halogens is 2. The minimum absolute atomic E-state index is 0.00970. The highest BCUT2D eigenvalue weighted by molar-refractivity contribution is 7.79. The maximum absolute atomic E-state index is 12.5. The average molecular weight is 406 g/mol. The number of pyridine rings is 1. The second-order valence-electron chi connectivity index (χ2n) is 5.24. The molecule has 0 spiro atoms. The lowest BCUT2D eigenvalue weighted by Gasteiger charge is -2.11. The van der Waals surface area contributed by atoms with E-state index >= 15 is 0 Å². The Balaban J connectivity index is 1.88. The van der Waals surface area contributed by atoms with Gasteiger partial charge in [0, 0.05) is 22.3 Å². The van der Waals surface area contributed by atoms with Crippen LogP contribution in [0.25, 0.3) is 11.3 Å². The Kier molecular flexibility index (Phi) is 5.68. The summed E-state index contributed by atoms with van der Waals surface area (Å²) in [7, 11) is 0. The van der Waals surface area contributed by atoms with Gasteiger partial charge in [0.05, 0.1) is 21.3 Å². The molecular weight excluding hydrogens is 395 g/mol. The number of rotatable bonds is 4. The molecule has 1 aromatic heterocycles. The van der Waals surface area contributed by atoms with Gasteiger partial charge >= 0.3 is 0 Å². The molecule has 3 rings (SSSR count).